The molecule has 10 heteroatoms. The summed E-state index contributed by atoms with van der Waals surface area (Å²) < 4.78 is 17.0. The summed E-state index contributed by atoms with van der Waals surface area (Å²) in [5.74, 6) is 0.184. The first-order chi connectivity index (χ1) is 16.7. The van der Waals surface area contributed by atoms with Gasteiger partial charge in [0.1, 0.15) is 22.7 Å². The number of esters is 1. The predicted octanol–water partition coefficient (Wildman–Crippen LogP) is 2.80. The van der Waals surface area contributed by atoms with Crippen molar-refractivity contribution < 1.29 is 28.6 Å². The molecule has 1 fully saturated rings. The van der Waals surface area contributed by atoms with Gasteiger partial charge in [0.25, 0.3) is 5.91 Å². The third kappa shape index (κ3) is 4.56. The number of carbonyl (C=O) groups is 3. The maximum absolute atomic E-state index is 13.8. The Hall–Kier alpha value is -3.56. The first kappa shape index (κ1) is 24.6. The summed E-state index contributed by atoms with van der Waals surface area (Å²) in [4.78, 5) is 41.2. The van der Waals surface area contributed by atoms with Crippen molar-refractivity contribution in [2.75, 3.05) is 26.2 Å². The smallest absolute Gasteiger partial charge is 0.358 e. The first-order valence-electron chi connectivity index (χ1n) is 11.7. The molecular formula is C25H32N4O6. The molecule has 188 valence electrons. The molecule has 1 N–H and O–H groups in total. The van der Waals surface area contributed by atoms with E-state index in [2.05, 4.69) is 17.3 Å². The van der Waals surface area contributed by atoms with Crippen LogP contribution in [0.15, 0.2) is 24.3 Å². The molecule has 0 saturated heterocycles. The van der Waals surface area contributed by atoms with Gasteiger partial charge in [0.05, 0.1) is 33.6 Å². The van der Waals surface area contributed by atoms with E-state index in [1.807, 2.05) is 0 Å². The van der Waals surface area contributed by atoms with Crippen molar-refractivity contribution in [1.82, 2.24) is 15.1 Å². The molecule has 1 atom stereocenters. The Kier molecular flexibility index (Phi) is 6.73. The molecule has 0 radical (unpaired) electrons. The summed E-state index contributed by atoms with van der Waals surface area (Å²) in [5, 5.41) is 7.44. The van der Waals surface area contributed by atoms with Crippen LogP contribution in [0.2, 0.25) is 0 Å². The Morgan fingerprint density at radius 1 is 1.03 bits per heavy atom. The first-order valence-corrected chi connectivity index (χ1v) is 11.7. The maximum atomic E-state index is 13.8. The molecule has 2 amide bonds. The van der Waals surface area contributed by atoms with Gasteiger partial charge < -0.3 is 19.5 Å². The van der Waals surface area contributed by atoms with E-state index in [-0.39, 0.29) is 29.9 Å². The largest absolute Gasteiger partial charge is 0.497 e. The van der Waals surface area contributed by atoms with Crippen LogP contribution in [0, 0.1) is 5.92 Å². The van der Waals surface area contributed by atoms with Gasteiger partial charge in [-0.3, -0.25) is 19.2 Å². The molecule has 35 heavy (non-hydrogen) atoms. The lowest BCUT2D eigenvalue weighted by Crippen LogP contribution is -2.65. The second-order valence-electron chi connectivity index (χ2n) is 9.48. The van der Waals surface area contributed by atoms with E-state index in [0.29, 0.717) is 23.1 Å². The average Bonchev–Trinajstić information content (AvgIpc) is 3.28. The highest BCUT2D eigenvalue weighted by Gasteiger charge is 2.50. The number of carbonyl (C=O) groups excluding carboxylic acids is 3. The molecule has 1 aliphatic carbocycles. The zero-order valence-electron chi connectivity index (χ0n) is 20.8. The van der Waals surface area contributed by atoms with Crippen molar-refractivity contribution in [1.29, 1.82) is 0 Å². The molecule has 2 aromatic rings. The van der Waals surface area contributed by atoms with Gasteiger partial charge in [0.2, 0.25) is 5.91 Å². The number of amides is 2. The molecule has 1 aromatic carbocycles. The average molecular weight is 485 g/mol. The summed E-state index contributed by atoms with van der Waals surface area (Å²) >= 11 is 0. The zero-order valence-corrected chi connectivity index (χ0v) is 20.8. The molecule has 1 saturated carbocycles. The Labute approximate surface area is 204 Å². The molecule has 1 aliphatic heterocycles. The van der Waals surface area contributed by atoms with E-state index in [1.165, 1.54) is 37.0 Å². The van der Waals surface area contributed by atoms with Crippen molar-refractivity contribution >= 4 is 23.5 Å². The van der Waals surface area contributed by atoms with Gasteiger partial charge in [-0.2, -0.15) is 5.10 Å². The van der Waals surface area contributed by atoms with Crippen LogP contribution in [0.1, 0.15) is 60.5 Å². The number of ether oxygens (including phenoxy) is 3. The van der Waals surface area contributed by atoms with Crippen molar-refractivity contribution in [2.45, 2.75) is 57.7 Å². The SMILES string of the molecule is COC(=O)c1cc2n(n1)C[C@@](C)(C(=O)NC1CCC(C)CC1)N(c1cc(OC)cc(OC)c1)C2=O. The van der Waals surface area contributed by atoms with Crippen LogP contribution in [0.5, 0.6) is 11.5 Å². The van der Waals surface area contributed by atoms with Crippen LogP contribution < -0.4 is 19.7 Å². The Morgan fingerprint density at radius 3 is 2.23 bits per heavy atom. The van der Waals surface area contributed by atoms with E-state index in [9.17, 15) is 14.4 Å². The van der Waals surface area contributed by atoms with E-state index in [4.69, 9.17) is 14.2 Å². The summed E-state index contributed by atoms with van der Waals surface area (Å²) in [6.45, 7) is 3.98. The van der Waals surface area contributed by atoms with Gasteiger partial charge in [-0.15, -0.1) is 0 Å². The van der Waals surface area contributed by atoms with Crippen LogP contribution in [-0.4, -0.2) is 60.5 Å². The number of rotatable bonds is 6. The highest BCUT2D eigenvalue weighted by molar-refractivity contribution is 6.12. The second kappa shape index (κ2) is 9.59. The zero-order chi connectivity index (χ0) is 25.3. The minimum atomic E-state index is -1.33. The lowest BCUT2D eigenvalue weighted by atomic mass is 9.86. The molecule has 2 heterocycles. The van der Waals surface area contributed by atoms with Crippen molar-refractivity contribution in [3.05, 3.63) is 35.7 Å². The monoisotopic (exact) mass is 484 g/mol. The third-order valence-electron chi connectivity index (χ3n) is 6.98. The van der Waals surface area contributed by atoms with Crippen LogP contribution in [-0.2, 0) is 16.1 Å². The maximum Gasteiger partial charge on any atom is 0.358 e. The fourth-order valence-corrected chi connectivity index (χ4v) is 4.86. The number of hydrogen-bond acceptors (Lipinski definition) is 7. The Balaban J connectivity index is 1.78. The molecule has 4 rings (SSSR count). The van der Waals surface area contributed by atoms with Gasteiger partial charge in [-0.1, -0.05) is 6.92 Å². The Morgan fingerprint density at radius 2 is 1.66 bits per heavy atom. The number of nitrogens with zero attached hydrogens (tertiary/aromatic N) is 3. The van der Waals surface area contributed by atoms with E-state index < -0.39 is 17.4 Å². The summed E-state index contributed by atoms with van der Waals surface area (Å²) in [6, 6.07) is 6.48. The topological polar surface area (TPSA) is 112 Å². The molecule has 0 spiro atoms. The number of fused-ring (bicyclic) bond motifs is 1. The minimum Gasteiger partial charge on any atom is -0.497 e. The fraction of sp³-hybridized carbons (Fsp3) is 0.520. The van der Waals surface area contributed by atoms with Gasteiger partial charge in [0.15, 0.2) is 5.69 Å². The molecule has 2 aliphatic rings. The van der Waals surface area contributed by atoms with Crippen LogP contribution in [0.3, 0.4) is 0 Å². The van der Waals surface area contributed by atoms with Crippen LogP contribution >= 0.6 is 0 Å². The van der Waals surface area contributed by atoms with Crippen LogP contribution in [0.4, 0.5) is 5.69 Å². The van der Waals surface area contributed by atoms with Crippen molar-refractivity contribution in [2.24, 2.45) is 5.92 Å². The van der Waals surface area contributed by atoms with Crippen molar-refractivity contribution in [3.8, 4) is 11.5 Å². The lowest BCUT2D eigenvalue weighted by molar-refractivity contribution is -0.127. The third-order valence-corrected chi connectivity index (χ3v) is 6.98. The van der Waals surface area contributed by atoms with E-state index in [1.54, 1.807) is 25.1 Å². The van der Waals surface area contributed by atoms with Gasteiger partial charge in [0, 0.05) is 30.3 Å². The highest BCUT2D eigenvalue weighted by atomic mass is 16.5. The van der Waals surface area contributed by atoms with Crippen LogP contribution in [0.25, 0.3) is 0 Å². The quantitative estimate of drug-likeness (QED) is 0.628. The molecular weight excluding hydrogens is 452 g/mol. The standard InChI is InChI=1S/C25H32N4O6/c1-15-6-8-16(9-7-15)26-24(32)25(2)14-28-21(13-20(27-28)23(31)35-5)22(30)29(25)17-10-18(33-3)12-19(11-17)34-4/h10-13,15-16H,6-9,14H2,1-5H3,(H,26,32)/t15?,16?,25-/m0/s1. The summed E-state index contributed by atoms with van der Waals surface area (Å²) in [5.41, 5.74) is -0.703. The highest BCUT2D eigenvalue weighted by Crippen LogP contribution is 2.37. The summed E-state index contributed by atoms with van der Waals surface area (Å²) in [6.07, 6.45) is 3.87. The number of nitrogens with one attached hydrogen (secondary N) is 1. The van der Waals surface area contributed by atoms with E-state index in [0.717, 1.165) is 25.7 Å². The molecule has 10 nitrogen and oxygen atoms in total. The fourth-order valence-electron chi connectivity index (χ4n) is 4.86. The molecule has 1 aromatic heterocycles. The van der Waals surface area contributed by atoms with Gasteiger partial charge in [-0.05, 0) is 38.5 Å². The number of anilines is 1. The molecule has 0 unspecified atom stereocenters. The number of methoxy groups -OCH3 is 3. The number of benzene rings is 1. The Bertz CT molecular complexity index is 1110. The number of aromatic nitrogens is 2. The lowest BCUT2D eigenvalue weighted by Gasteiger charge is -2.44. The molecule has 0 bridgehead atoms. The number of hydrogen-bond donors (Lipinski definition) is 1. The second-order valence-corrected chi connectivity index (χ2v) is 9.48. The van der Waals surface area contributed by atoms with Crippen molar-refractivity contribution in [3.63, 3.8) is 0 Å². The summed E-state index contributed by atoms with van der Waals surface area (Å²) in [7, 11) is 4.29. The predicted molar refractivity (Wildman–Crippen MR) is 128 cm³/mol. The van der Waals surface area contributed by atoms with Gasteiger partial charge in [-0.25, -0.2) is 4.79 Å². The van der Waals surface area contributed by atoms with Gasteiger partial charge >= 0.3 is 5.97 Å². The minimum absolute atomic E-state index is 0.00458. The normalized spacial score (nSPS) is 23.9. The van der Waals surface area contributed by atoms with E-state index >= 15 is 0 Å².